The topological polar surface area (TPSA) is 34.9 Å². The predicted molar refractivity (Wildman–Crippen MR) is 54.1 cm³/mol. The Kier molecular flexibility index (Phi) is 2.40. The first-order chi connectivity index (χ1) is 6.74. The van der Waals surface area contributed by atoms with Gasteiger partial charge in [0.2, 0.25) is 0 Å². The Bertz CT molecular complexity index is 343. The van der Waals surface area contributed by atoms with Gasteiger partial charge in [0, 0.05) is 18.7 Å². The molecule has 2 atom stereocenters. The van der Waals surface area contributed by atoms with Gasteiger partial charge < -0.3 is 0 Å². The molecule has 1 aromatic rings. The lowest BCUT2D eigenvalue weighted by molar-refractivity contribution is 0.0951. The van der Waals surface area contributed by atoms with Crippen LogP contribution in [0.5, 0.6) is 0 Å². The SMILES string of the molecule is CCCn1nccc1C(=O)C1CC1C. The summed E-state index contributed by atoms with van der Waals surface area (Å²) in [5.74, 6) is 1.12. The Morgan fingerprint density at radius 3 is 3.00 bits per heavy atom. The zero-order valence-electron chi connectivity index (χ0n) is 8.73. The number of Topliss-reactive ketones (excluding diaryl/α,β-unsaturated/α-hetero) is 1. The lowest BCUT2D eigenvalue weighted by Gasteiger charge is -2.03. The predicted octanol–water partition coefficient (Wildman–Crippen LogP) is 2.13. The van der Waals surface area contributed by atoms with Gasteiger partial charge in [-0.05, 0) is 24.8 Å². The summed E-state index contributed by atoms with van der Waals surface area (Å²) < 4.78 is 1.83. The van der Waals surface area contributed by atoms with Crippen molar-refractivity contribution >= 4 is 5.78 Å². The number of aromatic nitrogens is 2. The molecule has 0 aliphatic heterocycles. The second-order valence-corrected chi connectivity index (χ2v) is 4.12. The van der Waals surface area contributed by atoms with Crippen LogP contribution in [0, 0.1) is 11.8 Å². The van der Waals surface area contributed by atoms with E-state index in [4.69, 9.17) is 0 Å². The Labute approximate surface area is 84.1 Å². The standard InChI is InChI=1S/C11H16N2O/c1-3-6-13-10(4-5-12-13)11(14)9-7-8(9)2/h4-5,8-9H,3,6-7H2,1-2H3. The molecule has 3 nitrogen and oxygen atoms in total. The van der Waals surface area contributed by atoms with Gasteiger partial charge in [0.05, 0.1) is 0 Å². The smallest absolute Gasteiger partial charge is 0.184 e. The summed E-state index contributed by atoms with van der Waals surface area (Å²) >= 11 is 0. The molecule has 2 unspecified atom stereocenters. The van der Waals surface area contributed by atoms with Gasteiger partial charge >= 0.3 is 0 Å². The molecular formula is C11H16N2O. The fraction of sp³-hybridized carbons (Fsp3) is 0.636. The normalized spacial score (nSPS) is 25.0. The van der Waals surface area contributed by atoms with E-state index in [0.29, 0.717) is 5.92 Å². The summed E-state index contributed by atoms with van der Waals surface area (Å²) in [7, 11) is 0. The van der Waals surface area contributed by atoms with E-state index in [0.717, 1.165) is 25.1 Å². The minimum absolute atomic E-state index is 0.266. The minimum Gasteiger partial charge on any atom is -0.292 e. The highest BCUT2D eigenvalue weighted by Crippen LogP contribution is 2.40. The van der Waals surface area contributed by atoms with Crippen LogP contribution in [-0.4, -0.2) is 15.6 Å². The molecule has 76 valence electrons. The second-order valence-electron chi connectivity index (χ2n) is 4.12. The highest BCUT2D eigenvalue weighted by molar-refractivity contribution is 5.98. The molecule has 0 amide bonds. The maximum atomic E-state index is 11.9. The number of carbonyl (C=O) groups excluding carboxylic acids is 1. The summed E-state index contributed by atoms with van der Waals surface area (Å²) in [5, 5.41) is 4.16. The third kappa shape index (κ3) is 1.59. The summed E-state index contributed by atoms with van der Waals surface area (Å²) in [5.41, 5.74) is 0.793. The number of carbonyl (C=O) groups is 1. The number of hydrogen-bond donors (Lipinski definition) is 0. The molecule has 1 aliphatic rings. The fourth-order valence-corrected chi connectivity index (χ4v) is 1.81. The molecule has 0 aromatic carbocycles. The molecule has 0 saturated heterocycles. The average molecular weight is 192 g/mol. The number of nitrogens with zero attached hydrogens (tertiary/aromatic N) is 2. The van der Waals surface area contributed by atoms with Crippen molar-refractivity contribution in [1.82, 2.24) is 9.78 Å². The molecular weight excluding hydrogens is 176 g/mol. The van der Waals surface area contributed by atoms with Crippen molar-refractivity contribution in [3.05, 3.63) is 18.0 Å². The lowest BCUT2D eigenvalue weighted by Crippen LogP contribution is -2.12. The largest absolute Gasteiger partial charge is 0.292 e. The van der Waals surface area contributed by atoms with Crippen molar-refractivity contribution in [1.29, 1.82) is 0 Å². The van der Waals surface area contributed by atoms with Gasteiger partial charge in [-0.1, -0.05) is 13.8 Å². The van der Waals surface area contributed by atoms with Crippen LogP contribution in [-0.2, 0) is 6.54 Å². The maximum Gasteiger partial charge on any atom is 0.184 e. The first kappa shape index (κ1) is 9.44. The zero-order chi connectivity index (χ0) is 10.1. The van der Waals surface area contributed by atoms with Crippen molar-refractivity contribution in [3.8, 4) is 0 Å². The van der Waals surface area contributed by atoms with Gasteiger partial charge in [0.25, 0.3) is 0 Å². The molecule has 0 spiro atoms. The Morgan fingerprint density at radius 2 is 2.43 bits per heavy atom. The van der Waals surface area contributed by atoms with E-state index in [9.17, 15) is 4.79 Å². The highest BCUT2D eigenvalue weighted by Gasteiger charge is 2.40. The highest BCUT2D eigenvalue weighted by atomic mass is 16.1. The van der Waals surface area contributed by atoms with E-state index < -0.39 is 0 Å². The van der Waals surface area contributed by atoms with Gasteiger partial charge in [0.1, 0.15) is 5.69 Å². The quantitative estimate of drug-likeness (QED) is 0.685. The van der Waals surface area contributed by atoms with Crippen molar-refractivity contribution in [3.63, 3.8) is 0 Å². The number of aryl methyl sites for hydroxylation is 1. The molecule has 0 N–H and O–H groups in total. The Morgan fingerprint density at radius 1 is 1.71 bits per heavy atom. The summed E-state index contributed by atoms with van der Waals surface area (Å²) in [4.78, 5) is 11.9. The van der Waals surface area contributed by atoms with Crippen molar-refractivity contribution in [2.45, 2.75) is 33.2 Å². The van der Waals surface area contributed by atoms with Crippen LogP contribution in [0.25, 0.3) is 0 Å². The van der Waals surface area contributed by atoms with Crippen LogP contribution in [0.1, 0.15) is 37.2 Å². The van der Waals surface area contributed by atoms with Gasteiger partial charge in [-0.2, -0.15) is 5.10 Å². The average Bonchev–Trinajstić information content (AvgIpc) is 2.72. The molecule has 2 rings (SSSR count). The molecule has 1 aromatic heterocycles. The first-order valence-electron chi connectivity index (χ1n) is 5.30. The molecule has 0 radical (unpaired) electrons. The van der Waals surface area contributed by atoms with Crippen LogP contribution in [0.4, 0.5) is 0 Å². The van der Waals surface area contributed by atoms with E-state index in [-0.39, 0.29) is 11.7 Å². The zero-order valence-corrected chi connectivity index (χ0v) is 8.73. The van der Waals surface area contributed by atoms with E-state index in [1.807, 2.05) is 10.7 Å². The van der Waals surface area contributed by atoms with E-state index in [2.05, 4.69) is 18.9 Å². The minimum atomic E-state index is 0.266. The third-order valence-electron chi connectivity index (χ3n) is 2.85. The molecule has 1 fully saturated rings. The van der Waals surface area contributed by atoms with Crippen LogP contribution < -0.4 is 0 Å². The number of hydrogen-bond acceptors (Lipinski definition) is 2. The van der Waals surface area contributed by atoms with E-state index in [1.165, 1.54) is 0 Å². The molecule has 3 heteroatoms. The number of rotatable bonds is 4. The van der Waals surface area contributed by atoms with Crippen molar-refractivity contribution in [2.24, 2.45) is 11.8 Å². The van der Waals surface area contributed by atoms with Gasteiger partial charge in [-0.15, -0.1) is 0 Å². The third-order valence-corrected chi connectivity index (χ3v) is 2.85. The Balaban J connectivity index is 2.14. The second kappa shape index (κ2) is 3.56. The van der Waals surface area contributed by atoms with Gasteiger partial charge in [-0.3, -0.25) is 9.48 Å². The van der Waals surface area contributed by atoms with E-state index in [1.54, 1.807) is 6.20 Å². The molecule has 0 bridgehead atoms. The van der Waals surface area contributed by atoms with Crippen LogP contribution in [0.2, 0.25) is 0 Å². The van der Waals surface area contributed by atoms with Crippen molar-refractivity contribution < 1.29 is 4.79 Å². The van der Waals surface area contributed by atoms with Crippen LogP contribution >= 0.6 is 0 Å². The summed E-state index contributed by atoms with van der Waals surface area (Å²) in [6.45, 7) is 5.06. The van der Waals surface area contributed by atoms with E-state index >= 15 is 0 Å². The monoisotopic (exact) mass is 192 g/mol. The van der Waals surface area contributed by atoms with Crippen LogP contribution in [0.15, 0.2) is 12.3 Å². The fourth-order valence-electron chi connectivity index (χ4n) is 1.81. The van der Waals surface area contributed by atoms with Crippen LogP contribution in [0.3, 0.4) is 0 Å². The first-order valence-corrected chi connectivity index (χ1v) is 5.30. The molecule has 14 heavy (non-hydrogen) atoms. The number of ketones is 1. The lowest BCUT2D eigenvalue weighted by atomic mass is 10.1. The molecule has 1 saturated carbocycles. The summed E-state index contributed by atoms with van der Waals surface area (Å²) in [6, 6.07) is 1.84. The Hall–Kier alpha value is -1.12. The van der Waals surface area contributed by atoms with Crippen molar-refractivity contribution in [2.75, 3.05) is 0 Å². The van der Waals surface area contributed by atoms with Gasteiger partial charge in [0.15, 0.2) is 5.78 Å². The molecule has 1 aliphatic carbocycles. The maximum absolute atomic E-state index is 11.9. The summed E-state index contributed by atoms with van der Waals surface area (Å²) in [6.07, 6.45) is 3.79. The van der Waals surface area contributed by atoms with Gasteiger partial charge in [-0.25, -0.2) is 0 Å². The molecule has 1 heterocycles.